The lowest BCUT2D eigenvalue weighted by Gasteiger charge is -2.29. The Kier molecular flexibility index (Phi) is 3.38. The summed E-state index contributed by atoms with van der Waals surface area (Å²) in [5.41, 5.74) is -2.65. The van der Waals surface area contributed by atoms with E-state index in [4.69, 9.17) is 5.11 Å². The Bertz CT molecular complexity index is 355. The topological polar surface area (TPSA) is 60.7 Å². The van der Waals surface area contributed by atoms with Crippen molar-refractivity contribution in [3.05, 3.63) is 35.4 Å². The molecule has 0 aromatic heterocycles. The molecule has 0 saturated heterocycles. The zero-order valence-corrected chi connectivity index (χ0v) is 8.11. The standard InChI is InChI=1S/C10H12F2O3/c1-6(14)10(15,5-13)7-3-2-4-8(11)9(7)12/h2-4,6,13-15H,5H2,1H3/t6-,10-/m1/s1. The van der Waals surface area contributed by atoms with Crippen molar-refractivity contribution in [2.75, 3.05) is 6.61 Å². The Balaban J connectivity index is 3.30. The van der Waals surface area contributed by atoms with Crippen LogP contribution in [0, 0.1) is 11.6 Å². The fourth-order valence-electron chi connectivity index (χ4n) is 1.28. The van der Waals surface area contributed by atoms with Crippen LogP contribution in [-0.4, -0.2) is 28.0 Å². The summed E-state index contributed by atoms with van der Waals surface area (Å²) >= 11 is 0. The molecule has 2 atom stereocenters. The zero-order valence-electron chi connectivity index (χ0n) is 8.11. The highest BCUT2D eigenvalue weighted by Crippen LogP contribution is 2.28. The number of hydrogen-bond acceptors (Lipinski definition) is 3. The molecule has 0 unspecified atom stereocenters. The average molecular weight is 218 g/mol. The molecule has 0 fully saturated rings. The fraction of sp³-hybridized carbons (Fsp3) is 0.400. The minimum absolute atomic E-state index is 0.458. The third kappa shape index (κ3) is 1.99. The van der Waals surface area contributed by atoms with Gasteiger partial charge in [0.25, 0.3) is 0 Å². The molecule has 0 aliphatic rings. The Labute approximate surface area is 85.6 Å². The van der Waals surface area contributed by atoms with Crippen molar-refractivity contribution in [2.45, 2.75) is 18.6 Å². The first-order valence-corrected chi connectivity index (χ1v) is 4.39. The minimum atomic E-state index is -2.19. The number of rotatable bonds is 3. The summed E-state index contributed by atoms with van der Waals surface area (Å²) in [5.74, 6) is -2.41. The first-order valence-electron chi connectivity index (χ1n) is 4.39. The van der Waals surface area contributed by atoms with Crippen LogP contribution in [0.1, 0.15) is 12.5 Å². The van der Waals surface area contributed by atoms with Gasteiger partial charge >= 0.3 is 0 Å². The van der Waals surface area contributed by atoms with E-state index >= 15 is 0 Å². The van der Waals surface area contributed by atoms with E-state index < -0.39 is 35.5 Å². The molecule has 84 valence electrons. The second kappa shape index (κ2) is 4.22. The molecule has 1 rings (SSSR count). The first kappa shape index (κ1) is 12.0. The molecule has 0 saturated carbocycles. The lowest BCUT2D eigenvalue weighted by molar-refractivity contribution is -0.105. The molecule has 0 bridgehead atoms. The largest absolute Gasteiger partial charge is 0.393 e. The highest BCUT2D eigenvalue weighted by Gasteiger charge is 2.37. The van der Waals surface area contributed by atoms with E-state index in [1.54, 1.807) is 0 Å². The summed E-state index contributed by atoms with van der Waals surface area (Å²) in [5, 5.41) is 27.9. The summed E-state index contributed by atoms with van der Waals surface area (Å²) in [6.07, 6.45) is -1.42. The predicted octanol–water partition coefficient (Wildman–Crippen LogP) is 0.526. The molecule has 0 aliphatic carbocycles. The first-order chi connectivity index (χ1) is 6.93. The Morgan fingerprint density at radius 1 is 1.40 bits per heavy atom. The van der Waals surface area contributed by atoms with Crippen LogP contribution in [0.5, 0.6) is 0 Å². The zero-order chi connectivity index (χ0) is 11.6. The Hall–Kier alpha value is -1.04. The van der Waals surface area contributed by atoms with E-state index in [1.165, 1.54) is 13.0 Å². The van der Waals surface area contributed by atoms with Crippen molar-refractivity contribution in [1.29, 1.82) is 0 Å². The molecular weight excluding hydrogens is 206 g/mol. The van der Waals surface area contributed by atoms with Gasteiger partial charge in [-0.15, -0.1) is 0 Å². The van der Waals surface area contributed by atoms with Crippen LogP contribution in [-0.2, 0) is 5.60 Å². The average Bonchev–Trinajstić information content (AvgIpc) is 2.20. The van der Waals surface area contributed by atoms with Gasteiger partial charge in [0, 0.05) is 5.56 Å². The van der Waals surface area contributed by atoms with E-state index in [-0.39, 0.29) is 0 Å². The molecule has 3 nitrogen and oxygen atoms in total. The van der Waals surface area contributed by atoms with Crippen LogP contribution in [0.15, 0.2) is 18.2 Å². The second-order valence-corrected chi connectivity index (χ2v) is 3.36. The third-order valence-corrected chi connectivity index (χ3v) is 2.35. The maximum atomic E-state index is 13.3. The maximum Gasteiger partial charge on any atom is 0.165 e. The lowest BCUT2D eigenvalue weighted by Crippen LogP contribution is -2.42. The lowest BCUT2D eigenvalue weighted by atomic mass is 9.89. The molecule has 0 aliphatic heterocycles. The Morgan fingerprint density at radius 2 is 2.00 bits per heavy atom. The molecule has 5 heteroatoms. The number of halogens is 2. The quantitative estimate of drug-likeness (QED) is 0.693. The number of benzene rings is 1. The van der Waals surface area contributed by atoms with Crippen LogP contribution >= 0.6 is 0 Å². The van der Waals surface area contributed by atoms with E-state index in [9.17, 15) is 19.0 Å². The predicted molar refractivity (Wildman–Crippen MR) is 49.0 cm³/mol. The van der Waals surface area contributed by atoms with E-state index in [0.717, 1.165) is 12.1 Å². The van der Waals surface area contributed by atoms with Gasteiger partial charge in [0.05, 0.1) is 12.7 Å². The van der Waals surface area contributed by atoms with Gasteiger partial charge < -0.3 is 15.3 Å². The van der Waals surface area contributed by atoms with Crippen molar-refractivity contribution in [2.24, 2.45) is 0 Å². The fourth-order valence-corrected chi connectivity index (χ4v) is 1.28. The molecule has 0 heterocycles. The SMILES string of the molecule is C[C@@H](O)[C@](O)(CO)c1cccc(F)c1F. The summed E-state index contributed by atoms with van der Waals surface area (Å²) in [7, 11) is 0. The number of aliphatic hydroxyl groups is 3. The molecule has 3 N–H and O–H groups in total. The molecular formula is C10H12F2O3. The Morgan fingerprint density at radius 3 is 2.47 bits per heavy atom. The summed E-state index contributed by atoms with van der Waals surface area (Å²) in [6.45, 7) is 0.283. The smallest absolute Gasteiger partial charge is 0.165 e. The normalized spacial score (nSPS) is 17.2. The number of hydrogen-bond donors (Lipinski definition) is 3. The van der Waals surface area contributed by atoms with E-state index in [0.29, 0.717) is 0 Å². The monoisotopic (exact) mass is 218 g/mol. The van der Waals surface area contributed by atoms with Crippen LogP contribution in [0.3, 0.4) is 0 Å². The minimum Gasteiger partial charge on any atom is -0.393 e. The third-order valence-electron chi connectivity index (χ3n) is 2.35. The second-order valence-electron chi connectivity index (χ2n) is 3.36. The van der Waals surface area contributed by atoms with Crippen LogP contribution in [0.2, 0.25) is 0 Å². The molecule has 15 heavy (non-hydrogen) atoms. The van der Waals surface area contributed by atoms with Gasteiger partial charge in [0.15, 0.2) is 11.6 Å². The molecule has 0 spiro atoms. The van der Waals surface area contributed by atoms with Gasteiger partial charge in [-0.2, -0.15) is 0 Å². The summed E-state index contributed by atoms with van der Waals surface area (Å²) in [6, 6.07) is 3.19. The maximum absolute atomic E-state index is 13.3. The van der Waals surface area contributed by atoms with Crippen molar-refractivity contribution in [1.82, 2.24) is 0 Å². The summed E-state index contributed by atoms with van der Waals surface area (Å²) in [4.78, 5) is 0. The van der Waals surface area contributed by atoms with Gasteiger partial charge in [-0.1, -0.05) is 12.1 Å². The van der Waals surface area contributed by atoms with Crippen molar-refractivity contribution < 1.29 is 24.1 Å². The van der Waals surface area contributed by atoms with Gasteiger partial charge in [-0.25, -0.2) is 8.78 Å². The van der Waals surface area contributed by atoms with Crippen molar-refractivity contribution in [3.8, 4) is 0 Å². The summed E-state index contributed by atoms with van der Waals surface area (Å²) < 4.78 is 26.1. The van der Waals surface area contributed by atoms with Gasteiger partial charge in [-0.05, 0) is 13.0 Å². The van der Waals surface area contributed by atoms with Gasteiger partial charge in [0.1, 0.15) is 5.60 Å². The number of aliphatic hydroxyl groups excluding tert-OH is 2. The van der Waals surface area contributed by atoms with Crippen LogP contribution in [0.25, 0.3) is 0 Å². The van der Waals surface area contributed by atoms with E-state index in [2.05, 4.69) is 0 Å². The van der Waals surface area contributed by atoms with Crippen molar-refractivity contribution >= 4 is 0 Å². The molecule has 0 radical (unpaired) electrons. The molecule has 1 aromatic rings. The molecule has 1 aromatic carbocycles. The highest BCUT2D eigenvalue weighted by molar-refractivity contribution is 5.26. The van der Waals surface area contributed by atoms with Gasteiger partial charge in [-0.3, -0.25) is 0 Å². The van der Waals surface area contributed by atoms with Crippen molar-refractivity contribution in [3.63, 3.8) is 0 Å². The molecule has 0 amide bonds. The van der Waals surface area contributed by atoms with E-state index in [1.807, 2.05) is 0 Å². The highest BCUT2D eigenvalue weighted by atomic mass is 19.2. The van der Waals surface area contributed by atoms with Crippen LogP contribution < -0.4 is 0 Å². The van der Waals surface area contributed by atoms with Crippen LogP contribution in [0.4, 0.5) is 8.78 Å². The van der Waals surface area contributed by atoms with Gasteiger partial charge in [0.2, 0.25) is 0 Å².